The number of rotatable bonds is 4. The number of hydrogen-bond acceptors (Lipinski definition) is 3. The van der Waals surface area contributed by atoms with Crippen molar-refractivity contribution in [2.45, 2.75) is 51.6 Å². The van der Waals surface area contributed by atoms with Crippen molar-refractivity contribution in [1.82, 2.24) is 5.32 Å². The summed E-state index contributed by atoms with van der Waals surface area (Å²) >= 11 is 0. The molecule has 9 atom stereocenters. The Kier molecular flexibility index (Phi) is 3.59. The lowest BCUT2D eigenvalue weighted by atomic mass is 9.64. The molecule has 4 bridgehead atoms. The second-order valence-electron chi connectivity index (χ2n) is 9.48. The predicted octanol–water partition coefficient (Wildman–Crippen LogP) is 3.92. The summed E-state index contributed by atoms with van der Waals surface area (Å²) in [6.45, 7) is 5.52. The average Bonchev–Trinajstić information content (AvgIpc) is 3.36. The van der Waals surface area contributed by atoms with E-state index in [1.54, 1.807) is 6.92 Å². The van der Waals surface area contributed by atoms with Gasteiger partial charge >= 0.3 is 5.97 Å². The highest BCUT2D eigenvalue weighted by Crippen LogP contribution is 2.70. The summed E-state index contributed by atoms with van der Waals surface area (Å²) in [6.07, 6.45) is 10.6. The molecule has 5 rings (SSSR count). The summed E-state index contributed by atoms with van der Waals surface area (Å²) in [5.74, 6) is 6.56. The number of esters is 1. The Labute approximate surface area is 151 Å². The molecule has 4 fully saturated rings. The maximum Gasteiger partial charge on any atom is 0.333 e. The van der Waals surface area contributed by atoms with Crippen LogP contribution in [0.5, 0.6) is 0 Å². The van der Waals surface area contributed by atoms with Crippen molar-refractivity contribution >= 4 is 5.97 Å². The second kappa shape index (κ2) is 5.62. The van der Waals surface area contributed by atoms with Gasteiger partial charge in [-0.05, 0) is 92.8 Å². The van der Waals surface area contributed by atoms with Crippen LogP contribution in [0, 0.1) is 47.3 Å². The van der Waals surface area contributed by atoms with Crippen molar-refractivity contribution in [3.8, 4) is 0 Å². The van der Waals surface area contributed by atoms with E-state index in [4.69, 9.17) is 4.74 Å². The Morgan fingerprint density at radius 3 is 2.56 bits per heavy atom. The van der Waals surface area contributed by atoms with Crippen LogP contribution in [0.2, 0.25) is 0 Å². The lowest BCUT2D eigenvalue weighted by molar-refractivity contribution is -0.149. The molecule has 5 aliphatic carbocycles. The summed E-state index contributed by atoms with van der Waals surface area (Å²) in [5.41, 5.74) is 1.99. The summed E-state index contributed by atoms with van der Waals surface area (Å²) in [5, 5.41) is 3.37. The van der Waals surface area contributed by atoms with Gasteiger partial charge in [0.25, 0.3) is 0 Å². The standard InChI is InChI=1S/C22H31NO2/c1-11(2)22(24)25-19-10-14-9-18(19)21-17-8-13(20(14)21)7-16(17)12-4-5-15(6-12)23-3/h6,12-14,16-21,23H,1,4-5,7-10H2,2-3H3/t12?,13?,14-,16?,17?,18?,19?,20?,21?/m1/s1. The lowest BCUT2D eigenvalue weighted by Gasteiger charge is -2.42. The Morgan fingerprint density at radius 1 is 1.12 bits per heavy atom. The summed E-state index contributed by atoms with van der Waals surface area (Å²) in [4.78, 5) is 12.0. The Hall–Kier alpha value is -1.25. The second-order valence-corrected chi connectivity index (χ2v) is 9.48. The number of carbonyl (C=O) groups excluding carboxylic acids is 1. The highest BCUT2D eigenvalue weighted by Gasteiger charge is 2.65. The van der Waals surface area contributed by atoms with Gasteiger partial charge in [0.1, 0.15) is 6.10 Å². The summed E-state index contributed by atoms with van der Waals surface area (Å²) in [7, 11) is 2.06. The van der Waals surface area contributed by atoms with Crippen molar-refractivity contribution in [3.63, 3.8) is 0 Å². The Balaban J connectivity index is 1.33. The van der Waals surface area contributed by atoms with Crippen LogP contribution in [0.1, 0.15) is 45.4 Å². The predicted molar refractivity (Wildman–Crippen MR) is 97.5 cm³/mol. The fourth-order valence-electron chi connectivity index (χ4n) is 7.75. The van der Waals surface area contributed by atoms with Crippen LogP contribution < -0.4 is 5.32 Å². The fourth-order valence-corrected chi connectivity index (χ4v) is 7.75. The van der Waals surface area contributed by atoms with E-state index >= 15 is 0 Å². The van der Waals surface area contributed by atoms with Crippen molar-refractivity contribution in [3.05, 3.63) is 23.9 Å². The first-order valence-corrected chi connectivity index (χ1v) is 10.3. The van der Waals surface area contributed by atoms with Gasteiger partial charge in [0.15, 0.2) is 0 Å². The zero-order valence-electron chi connectivity index (χ0n) is 15.5. The van der Waals surface area contributed by atoms with Crippen LogP contribution in [0.4, 0.5) is 0 Å². The highest BCUT2D eigenvalue weighted by atomic mass is 16.5. The minimum atomic E-state index is -0.175. The summed E-state index contributed by atoms with van der Waals surface area (Å²) in [6, 6.07) is 0. The first kappa shape index (κ1) is 16.0. The van der Waals surface area contributed by atoms with E-state index in [0.717, 1.165) is 47.8 Å². The Morgan fingerprint density at radius 2 is 1.84 bits per heavy atom. The minimum Gasteiger partial charge on any atom is -0.459 e. The monoisotopic (exact) mass is 341 g/mol. The number of hydrogen-bond donors (Lipinski definition) is 1. The van der Waals surface area contributed by atoms with E-state index in [2.05, 4.69) is 25.0 Å². The van der Waals surface area contributed by atoms with Gasteiger partial charge in [-0.2, -0.15) is 0 Å². The molecule has 0 heterocycles. The third-order valence-corrected chi connectivity index (χ3v) is 8.45. The molecule has 0 spiro atoms. The van der Waals surface area contributed by atoms with Crippen LogP contribution in [0.25, 0.3) is 0 Å². The molecule has 0 radical (unpaired) electrons. The normalized spacial score (nSPS) is 49.2. The lowest BCUT2D eigenvalue weighted by Crippen LogP contribution is -2.41. The van der Waals surface area contributed by atoms with E-state index in [1.807, 2.05) is 0 Å². The van der Waals surface area contributed by atoms with Crippen LogP contribution in [-0.4, -0.2) is 19.1 Å². The smallest absolute Gasteiger partial charge is 0.333 e. The molecule has 136 valence electrons. The molecule has 25 heavy (non-hydrogen) atoms. The largest absolute Gasteiger partial charge is 0.459 e. The molecule has 0 aliphatic heterocycles. The average molecular weight is 341 g/mol. The van der Waals surface area contributed by atoms with Gasteiger partial charge in [-0.1, -0.05) is 12.7 Å². The summed E-state index contributed by atoms with van der Waals surface area (Å²) < 4.78 is 5.86. The van der Waals surface area contributed by atoms with E-state index in [9.17, 15) is 4.79 Å². The molecule has 1 N–H and O–H groups in total. The number of ether oxygens (including phenoxy) is 1. The zero-order chi connectivity index (χ0) is 17.3. The molecule has 3 heteroatoms. The zero-order valence-corrected chi connectivity index (χ0v) is 15.5. The number of allylic oxidation sites excluding steroid dienone is 2. The molecule has 8 unspecified atom stereocenters. The quantitative estimate of drug-likeness (QED) is 0.478. The van der Waals surface area contributed by atoms with Gasteiger partial charge in [0.05, 0.1) is 0 Å². The van der Waals surface area contributed by atoms with Gasteiger partial charge in [0.2, 0.25) is 0 Å². The molecule has 0 aromatic carbocycles. The van der Waals surface area contributed by atoms with Crippen LogP contribution in [0.15, 0.2) is 23.9 Å². The minimum absolute atomic E-state index is 0.169. The molecule has 0 aromatic rings. The van der Waals surface area contributed by atoms with Crippen LogP contribution in [-0.2, 0) is 9.53 Å². The number of nitrogens with one attached hydrogen (secondary N) is 1. The topological polar surface area (TPSA) is 38.3 Å². The molecule has 0 amide bonds. The van der Waals surface area contributed by atoms with E-state index in [0.29, 0.717) is 11.5 Å². The van der Waals surface area contributed by atoms with E-state index in [-0.39, 0.29) is 12.1 Å². The molecular formula is C22H31NO2. The van der Waals surface area contributed by atoms with Gasteiger partial charge in [0, 0.05) is 18.3 Å². The van der Waals surface area contributed by atoms with E-state index in [1.165, 1.54) is 37.8 Å². The van der Waals surface area contributed by atoms with Crippen molar-refractivity contribution < 1.29 is 9.53 Å². The van der Waals surface area contributed by atoms with Gasteiger partial charge in [-0.15, -0.1) is 0 Å². The Bertz CT molecular complexity index is 638. The van der Waals surface area contributed by atoms with Gasteiger partial charge < -0.3 is 10.1 Å². The molecule has 0 aromatic heterocycles. The number of carbonyl (C=O) groups is 1. The van der Waals surface area contributed by atoms with Crippen LogP contribution >= 0.6 is 0 Å². The van der Waals surface area contributed by atoms with Crippen LogP contribution in [0.3, 0.4) is 0 Å². The van der Waals surface area contributed by atoms with Crippen molar-refractivity contribution in [2.24, 2.45) is 47.3 Å². The van der Waals surface area contributed by atoms with Crippen molar-refractivity contribution in [1.29, 1.82) is 0 Å². The third-order valence-electron chi connectivity index (χ3n) is 8.45. The highest BCUT2D eigenvalue weighted by molar-refractivity contribution is 5.87. The molecule has 5 aliphatic rings. The third kappa shape index (κ3) is 2.27. The SMILES string of the molecule is C=C(C)C(=O)OC1C[C@H]2CC1C1C3CC(CC3C3C=C(NC)CC3)C12. The molecule has 0 saturated heterocycles. The van der Waals surface area contributed by atoms with Crippen molar-refractivity contribution in [2.75, 3.05) is 7.05 Å². The molecule has 4 saturated carbocycles. The van der Waals surface area contributed by atoms with Gasteiger partial charge in [-0.25, -0.2) is 4.79 Å². The molecule has 3 nitrogen and oxygen atoms in total. The number of fused-ring (bicyclic) bond motifs is 9. The van der Waals surface area contributed by atoms with E-state index < -0.39 is 0 Å². The maximum atomic E-state index is 12.0. The molecular weight excluding hydrogens is 310 g/mol. The fraction of sp³-hybridized carbons (Fsp3) is 0.773. The first-order chi connectivity index (χ1) is 12.1. The van der Waals surface area contributed by atoms with Gasteiger partial charge in [-0.3, -0.25) is 0 Å². The first-order valence-electron chi connectivity index (χ1n) is 10.3. The maximum absolute atomic E-state index is 12.0.